The van der Waals surface area contributed by atoms with Crippen LogP contribution in [0.4, 0.5) is 0 Å². The normalized spacial score (nSPS) is 10.6. The third kappa shape index (κ3) is 5.48. The third-order valence-electron chi connectivity index (χ3n) is 3.14. The number of aromatic nitrogens is 1. The number of benzene rings is 1. The number of pyridine rings is 1. The maximum Gasteiger partial charge on any atom is 0.123 e. The van der Waals surface area contributed by atoms with Crippen molar-refractivity contribution in [2.45, 2.75) is 26.3 Å². The summed E-state index contributed by atoms with van der Waals surface area (Å²) in [5.41, 5.74) is 2.38. The molecule has 0 aliphatic heterocycles. The van der Waals surface area contributed by atoms with Gasteiger partial charge in [-0.25, -0.2) is 0 Å². The summed E-state index contributed by atoms with van der Waals surface area (Å²) in [5.74, 6) is 0.950. The summed E-state index contributed by atoms with van der Waals surface area (Å²) in [6, 6.07) is 10.2. The summed E-state index contributed by atoms with van der Waals surface area (Å²) >= 11 is 3.52. The van der Waals surface area contributed by atoms with E-state index in [1.807, 2.05) is 24.4 Å². The van der Waals surface area contributed by atoms with Crippen LogP contribution >= 0.6 is 15.9 Å². The van der Waals surface area contributed by atoms with Gasteiger partial charge in [0.2, 0.25) is 0 Å². The van der Waals surface area contributed by atoms with Gasteiger partial charge in [-0.2, -0.15) is 0 Å². The van der Waals surface area contributed by atoms with E-state index in [-0.39, 0.29) is 0 Å². The molecule has 4 heteroatoms. The number of hydrogen-bond donors (Lipinski definition) is 1. The Morgan fingerprint density at radius 1 is 1.29 bits per heavy atom. The van der Waals surface area contributed by atoms with Gasteiger partial charge in [0.05, 0.1) is 6.61 Å². The summed E-state index contributed by atoms with van der Waals surface area (Å²) in [6.07, 6.45) is 5.67. The highest BCUT2D eigenvalue weighted by molar-refractivity contribution is 9.10. The van der Waals surface area contributed by atoms with Gasteiger partial charge >= 0.3 is 0 Å². The molecule has 1 N–H and O–H groups in total. The van der Waals surface area contributed by atoms with E-state index in [0.29, 0.717) is 6.61 Å². The molecule has 3 nitrogen and oxygen atoms in total. The van der Waals surface area contributed by atoms with Gasteiger partial charge in [-0.15, -0.1) is 0 Å². The molecule has 0 bridgehead atoms. The Morgan fingerprint density at radius 3 is 2.95 bits per heavy atom. The summed E-state index contributed by atoms with van der Waals surface area (Å²) < 4.78 is 7.02. The zero-order valence-corrected chi connectivity index (χ0v) is 13.9. The first-order valence-corrected chi connectivity index (χ1v) is 8.09. The van der Waals surface area contributed by atoms with Crippen LogP contribution in [0.5, 0.6) is 5.75 Å². The van der Waals surface area contributed by atoms with Gasteiger partial charge in [-0.1, -0.05) is 28.9 Å². The second-order valence-electron chi connectivity index (χ2n) is 4.89. The first-order valence-electron chi connectivity index (χ1n) is 7.30. The fourth-order valence-electron chi connectivity index (χ4n) is 2.05. The molecular weight excluding hydrogens is 328 g/mol. The number of hydrogen-bond acceptors (Lipinski definition) is 3. The molecule has 0 unspecified atom stereocenters. The largest absolute Gasteiger partial charge is 0.493 e. The van der Waals surface area contributed by atoms with Crippen LogP contribution in [0.2, 0.25) is 0 Å². The first-order chi connectivity index (χ1) is 10.3. The van der Waals surface area contributed by atoms with Crippen molar-refractivity contribution in [2.24, 2.45) is 0 Å². The first kappa shape index (κ1) is 16.0. The van der Waals surface area contributed by atoms with Crippen LogP contribution in [0.25, 0.3) is 0 Å². The van der Waals surface area contributed by atoms with Gasteiger partial charge in [-0.05, 0) is 42.8 Å². The van der Waals surface area contributed by atoms with Gasteiger partial charge in [0, 0.05) is 35.4 Å². The van der Waals surface area contributed by atoms with E-state index in [1.165, 1.54) is 11.1 Å². The molecule has 1 aromatic heterocycles. The molecule has 0 saturated carbocycles. The summed E-state index contributed by atoms with van der Waals surface area (Å²) in [6.45, 7) is 4.67. The zero-order chi connectivity index (χ0) is 14.9. The van der Waals surface area contributed by atoms with Crippen molar-refractivity contribution in [3.8, 4) is 5.75 Å². The lowest BCUT2D eigenvalue weighted by atomic mass is 10.2. The third-order valence-corrected chi connectivity index (χ3v) is 3.63. The smallest absolute Gasteiger partial charge is 0.123 e. The topological polar surface area (TPSA) is 34.1 Å². The molecule has 0 aliphatic carbocycles. The summed E-state index contributed by atoms with van der Waals surface area (Å²) in [7, 11) is 0. The molecule has 0 radical (unpaired) electrons. The van der Waals surface area contributed by atoms with Crippen molar-refractivity contribution in [1.82, 2.24) is 10.3 Å². The zero-order valence-electron chi connectivity index (χ0n) is 12.3. The lowest BCUT2D eigenvalue weighted by Crippen LogP contribution is -2.15. The molecule has 0 amide bonds. The predicted octanol–water partition coefficient (Wildman–Crippen LogP) is 3.97. The number of nitrogens with one attached hydrogen (secondary N) is 1. The minimum Gasteiger partial charge on any atom is -0.493 e. The molecule has 2 rings (SSSR count). The Labute approximate surface area is 134 Å². The van der Waals surface area contributed by atoms with Crippen LogP contribution in [0.1, 0.15) is 24.5 Å². The fraction of sp³-hybridized carbons (Fsp3) is 0.353. The monoisotopic (exact) mass is 348 g/mol. The van der Waals surface area contributed by atoms with Crippen molar-refractivity contribution >= 4 is 15.9 Å². The Hall–Kier alpha value is -1.39. The van der Waals surface area contributed by atoms with Gasteiger partial charge in [-0.3, -0.25) is 4.98 Å². The van der Waals surface area contributed by atoms with Crippen LogP contribution in [-0.2, 0) is 13.0 Å². The summed E-state index contributed by atoms with van der Waals surface area (Å²) in [5, 5.41) is 3.42. The minimum atomic E-state index is 0.661. The van der Waals surface area contributed by atoms with Gasteiger partial charge < -0.3 is 10.1 Å². The standard InChI is InChI=1S/C17H21BrN2O/c1-2-8-19-13-15-11-16(18)5-6-17(15)21-10-7-14-4-3-9-20-12-14/h3-6,9,11-12,19H,2,7-8,10,13H2,1H3. The quantitative estimate of drug-likeness (QED) is 0.733. The second-order valence-corrected chi connectivity index (χ2v) is 5.80. The average Bonchev–Trinajstić information content (AvgIpc) is 2.51. The van der Waals surface area contributed by atoms with E-state index in [9.17, 15) is 0 Å². The van der Waals surface area contributed by atoms with Crippen molar-refractivity contribution in [2.75, 3.05) is 13.2 Å². The Balaban J connectivity index is 1.92. The maximum atomic E-state index is 5.94. The lowest BCUT2D eigenvalue weighted by molar-refractivity contribution is 0.317. The molecule has 0 saturated heterocycles. The van der Waals surface area contributed by atoms with Crippen LogP contribution < -0.4 is 10.1 Å². The lowest BCUT2D eigenvalue weighted by Gasteiger charge is -2.12. The summed E-state index contributed by atoms with van der Waals surface area (Å²) in [4.78, 5) is 4.12. The second kappa shape index (κ2) is 8.80. The molecule has 21 heavy (non-hydrogen) atoms. The number of rotatable bonds is 8. The predicted molar refractivity (Wildman–Crippen MR) is 89.6 cm³/mol. The minimum absolute atomic E-state index is 0.661. The van der Waals surface area contributed by atoms with Crippen LogP contribution in [0, 0.1) is 0 Å². The molecule has 1 aromatic carbocycles. The fourth-order valence-corrected chi connectivity index (χ4v) is 2.46. The average molecular weight is 349 g/mol. The van der Waals surface area contributed by atoms with Crippen molar-refractivity contribution in [3.05, 3.63) is 58.3 Å². The molecule has 2 aromatic rings. The molecule has 0 spiro atoms. The highest BCUT2D eigenvalue weighted by Crippen LogP contribution is 2.23. The van der Waals surface area contributed by atoms with E-state index < -0.39 is 0 Å². The van der Waals surface area contributed by atoms with Crippen LogP contribution in [0.15, 0.2) is 47.2 Å². The van der Waals surface area contributed by atoms with E-state index in [4.69, 9.17) is 4.74 Å². The van der Waals surface area contributed by atoms with Crippen molar-refractivity contribution in [1.29, 1.82) is 0 Å². The Bertz CT molecular complexity index is 546. The van der Waals surface area contributed by atoms with Crippen molar-refractivity contribution in [3.63, 3.8) is 0 Å². The number of ether oxygens (including phenoxy) is 1. The number of nitrogens with zero attached hydrogens (tertiary/aromatic N) is 1. The molecule has 112 valence electrons. The highest BCUT2D eigenvalue weighted by Gasteiger charge is 2.05. The van der Waals surface area contributed by atoms with E-state index >= 15 is 0 Å². The SMILES string of the molecule is CCCNCc1cc(Br)ccc1OCCc1cccnc1. The van der Waals surface area contributed by atoms with E-state index in [1.54, 1.807) is 6.20 Å². The van der Waals surface area contributed by atoms with Crippen molar-refractivity contribution < 1.29 is 4.74 Å². The molecule has 1 heterocycles. The van der Waals surface area contributed by atoms with Gasteiger partial charge in [0.1, 0.15) is 5.75 Å². The highest BCUT2D eigenvalue weighted by atomic mass is 79.9. The maximum absolute atomic E-state index is 5.94. The Morgan fingerprint density at radius 2 is 2.19 bits per heavy atom. The van der Waals surface area contributed by atoms with Crippen LogP contribution in [0.3, 0.4) is 0 Å². The van der Waals surface area contributed by atoms with Gasteiger partial charge in [0.25, 0.3) is 0 Å². The van der Waals surface area contributed by atoms with E-state index in [0.717, 1.165) is 36.2 Å². The number of halogens is 1. The molecule has 0 aliphatic rings. The Kier molecular flexibility index (Phi) is 6.70. The molecule has 0 fully saturated rings. The van der Waals surface area contributed by atoms with E-state index in [2.05, 4.69) is 45.3 Å². The van der Waals surface area contributed by atoms with Crippen LogP contribution in [-0.4, -0.2) is 18.1 Å². The van der Waals surface area contributed by atoms with Gasteiger partial charge in [0.15, 0.2) is 0 Å². The molecular formula is C17H21BrN2O. The molecule has 0 atom stereocenters.